The number of nitrogens with two attached hydrogens (primary N) is 1. The van der Waals surface area contributed by atoms with E-state index in [1.54, 1.807) is 0 Å². The van der Waals surface area contributed by atoms with E-state index in [2.05, 4.69) is 5.73 Å². The van der Waals surface area contributed by atoms with Crippen LogP contribution in [-0.2, 0) is 0 Å². The zero-order valence-corrected chi connectivity index (χ0v) is 3.33. The van der Waals surface area contributed by atoms with Crippen LogP contribution in [0.3, 0.4) is 0 Å². The van der Waals surface area contributed by atoms with Gasteiger partial charge in [0.1, 0.15) is 5.97 Å². The van der Waals surface area contributed by atoms with Crippen molar-refractivity contribution in [2.45, 2.75) is 5.97 Å². The summed E-state index contributed by atoms with van der Waals surface area (Å²) in [7, 11) is 1.99. The van der Waals surface area contributed by atoms with Gasteiger partial charge in [-0.05, 0) is 0 Å². The summed E-state index contributed by atoms with van der Waals surface area (Å²) in [4.78, 5) is 0. The lowest BCUT2D eigenvalue weighted by Gasteiger charge is -1.82. The van der Waals surface area contributed by atoms with Gasteiger partial charge in [-0.15, -0.1) is 0 Å². The Morgan fingerprint density at radius 3 is 2.00 bits per heavy atom. The topological polar surface area (TPSA) is 46.2 Å². The van der Waals surface area contributed by atoms with Crippen molar-refractivity contribution in [1.29, 1.82) is 0 Å². The summed E-state index contributed by atoms with van der Waals surface area (Å²) in [6, 6.07) is 0. The van der Waals surface area contributed by atoms with Gasteiger partial charge < -0.3 is 10.8 Å². The Bertz CT molecular complexity index is 12.8. The molecule has 2 nitrogen and oxygen atoms in total. The Labute approximate surface area is 27.2 Å². The van der Waals surface area contributed by atoms with Gasteiger partial charge in [-0.25, -0.2) is 0 Å². The molecule has 3 heteroatoms. The highest BCUT2D eigenvalue weighted by molar-refractivity contribution is 7.17. The lowest BCUT2D eigenvalue weighted by Crippen LogP contribution is -2.06. The van der Waals surface area contributed by atoms with Crippen molar-refractivity contribution >= 4 is 9.24 Å². The van der Waals surface area contributed by atoms with Gasteiger partial charge in [-0.1, -0.05) is 9.24 Å². The molecule has 0 spiro atoms. The summed E-state index contributed by atoms with van der Waals surface area (Å²) in [6.07, 6.45) is 0. The van der Waals surface area contributed by atoms with Crippen molar-refractivity contribution in [3.63, 3.8) is 0 Å². The minimum absolute atomic E-state index is 0.750. The predicted molar refractivity (Wildman–Crippen MR) is 19.9 cm³/mol. The van der Waals surface area contributed by atoms with Crippen molar-refractivity contribution < 1.29 is 5.11 Å². The zero-order valence-electron chi connectivity index (χ0n) is 2.18. The van der Waals surface area contributed by atoms with Crippen LogP contribution in [0.2, 0.25) is 0 Å². The molecule has 0 saturated carbocycles. The first kappa shape index (κ1) is 4.35. The van der Waals surface area contributed by atoms with Crippen LogP contribution in [0, 0.1) is 0 Å². The van der Waals surface area contributed by atoms with Crippen LogP contribution < -0.4 is 5.73 Å². The van der Waals surface area contributed by atoms with E-state index in [-0.39, 0.29) is 0 Å². The highest BCUT2D eigenvalue weighted by Gasteiger charge is 1.68. The van der Waals surface area contributed by atoms with Crippen molar-refractivity contribution in [2.75, 3.05) is 0 Å². The number of rotatable bonds is 0. The molecule has 4 heavy (non-hydrogen) atoms. The smallest absolute Gasteiger partial charge is 0.115 e. The molecule has 3 N–H and O–H groups in total. The maximum atomic E-state index is 7.80. The SMILES string of the molecule is NC(O)P. The second-order valence-corrected chi connectivity index (χ2v) is 1.17. The van der Waals surface area contributed by atoms with E-state index in [0.717, 1.165) is 0 Å². The number of aliphatic hydroxyl groups is 1. The third-order valence-corrected chi connectivity index (χ3v) is 0. The van der Waals surface area contributed by atoms with Gasteiger partial charge >= 0.3 is 0 Å². The molecule has 0 fully saturated rings. The summed E-state index contributed by atoms with van der Waals surface area (Å²) in [5.41, 5.74) is 4.63. The predicted octanol–water partition coefficient (Wildman–Crippen LogP) is -0.904. The lowest BCUT2D eigenvalue weighted by atomic mass is 11.4. The van der Waals surface area contributed by atoms with Gasteiger partial charge in [0.25, 0.3) is 0 Å². The standard InChI is InChI=1S/CH6NOP/c2-1(3)4/h1,3H,2,4H2. The highest BCUT2D eigenvalue weighted by atomic mass is 31.0. The number of aliphatic hydroxyl groups excluding tert-OH is 1. The molecule has 0 aromatic heterocycles. The second kappa shape index (κ2) is 1.65. The monoisotopic (exact) mass is 79.0 g/mol. The van der Waals surface area contributed by atoms with Crippen LogP contribution in [0.25, 0.3) is 0 Å². The van der Waals surface area contributed by atoms with Crippen molar-refractivity contribution in [3.05, 3.63) is 0 Å². The molecule has 0 amide bonds. The highest BCUT2D eigenvalue weighted by Crippen LogP contribution is 1.76. The Morgan fingerprint density at radius 2 is 2.00 bits per heavy atom. The summed E-state index contributed by atoms with van der Waals surface area (Å²) in [6.45, 7) is 0. The lowest BCUT2D eigenvalue weighted by molar-refractivity contribution is 0.271. The van der Waals surface area contributed by atoms with E-state index in [1.807, 2.05) is 9.24 Å². The molecule has 0 aromatic carbocycles. The van der Waals surface area contributed by atoms with Gasteiger partial charge in [0.05, 0.1) is 0 Å². The normalized spacial score (nSPS) is 15.8. The molecular weight excluding hydrogens is 73.0 g/mol. The molecule has 2 unspecified atom stereocenters. The third-order valence-electron chi connectivity index (χ3n) is 0. The first-order chi connectivity index (χ1) is 1.73. The van der Waals surface area contributed by atoms with E-state index in [0.29, 0.717) is 0 Å². The Balaban J connectivity index is 2.32. The Morgan fingerprint density at radius 1 is 2.00 bits per heavy atom. The van der Waals surface area contributed by atoms with Crippen LogP contribution in [0.5, 0.6) is 0 Å². The van der Waals surface area contributed by atoms with Gasteiger partial charge in [0.15, 0.2) is 0 Å². The molecule has 26 valence electrons. The van der Waals surface area contributed by atoms with Gasteiger partial charge in [-0.2, -0.15) is 0 Å². The van der Waals surface area contributed by atoms with E-state index < -0.39 is 5.97 Å². The largest absolute Gasteiger partial charge is 0.376 e. The summed E-state index contributed by atoms with van der Waals surface area (Å²) >= 11 is 0. The molecule has 0 aliphatic rings. The minimum Gasteiger partial charge on any atom is -0.376 e. The number of hydrogen-bond donors (Lipinski definition) is 2. The van der Waals surface area contributed by atoms with E-state index in [1.165, 1.54) is 0 Å². The summed E-state index contributed by atoms with van der Waals surface area (Å²) in [5, 5.41) is 7.80. The molecule has 0 aliphatic carbocycles. The molecule has 0 radical (unpaired) electrons. The quantitative estimate of drug-likeness (QED) is 0.292. The van der Waals surface area contributed by atoms with Crippen molar-refractivity contribution in [2.24, 2.45) is 5.73 Å². The average molecular weight is 79.0 g/mol. The molecule has 0 heterocycles. The molecule has 0 rings (SSSR count). The summed E-state index contributed by atoms with van der Waals surface area (Å²) < 4.78 is 0. The molecule has 0 saturated heterocycles. The van der Waals surface area contributed by atoms with Crippen molar-refractivity contribution in [3.8, 4) is 0 Å². The maximum absolute atomic E-state index is 7.80. The first-order valence-corrected chi connectivity index (χ1v) is 1.59. The van der Waals surface area contributed by atoms with Crippen LogP contribution in [0.4, 0.5) is 0 Å². The van der Waals surface area contributed by atoms with Crippen LogP contribution >= 0.6 is 9.24 Å². The van der Waals surface area contributed by atoms with Crippen LogP contribution in [0.1, 0.15) is 0 Å². The third kappa shape index (κ3) is 35.0. The zero-order chi connectivity index (χ0) is 3.58. The van der Waals surface area contributed by atoms with Gasteiger partial charge in [-0.3, -0.25) is 0 Å². The van der Waals surface area contributed by atoms with Gasteiger partial charge in [0.2, 0.25) is 0 Å². The van der Waals surface area contributed by atoms with E-state index in [9.17, 15) is 0 Å². The Kier molecular flexibility index (Phi) is 1.79. The molecule has 0 aliphatic heterocycles. The Hall–Kier alpha value is 0.350. The molecule has 2 atom stereocenters. The fourth-order valence-electron chi connectivity index (χ4n) is 0. The fourth-order valence-corrected chi connectivity index (χ4v) is 0. The first-order valence-electron chi connectivity index (χ1n) is 0.925. The van der Waals surface area contributed by atoms with Crippen LogP contribution in [-0.4, -0.2) is 11.1 Å². The molecule has 0 bridgehead atoms. The van der Waals surface area contributed by atoms with E-state index >= 15 is 0 Å². The van der Waals surface area contributed by atoms with Crippen LogP contribution in [0.15, 0.2) is 0 Å². The number of hydrogen-bond acceptors (Lipinski definition) is 2. The maximum Gasteiger partial charge on any atom is 0.115 e. The minimum atomic E-state index is -0.750. The van der Waals surface area contributed by atoms with Gasteiger partial charge in [0, 0.05) is 0 Å². The fraction of sp³-hybridized carbons (Fsp3) is 1.00. The van der Waals surface area contributed by atoms with Crippen molar-refractivity contribution in [1.82, 2.24) is 0 Å². The summed E-state index contributed by atoms with van der Waals surface area (Å²) in [5.74, 6) is -0.750. The van der Waals surface area contributed by atoms with E-state index in [4.69, 9.17) is 5.11 Å². The molecule has 0 aromatic rings. The average Bonchev–Trinajstić information content (AvgIpc) is 0.811. The molecular formula is CH6NOP. The second-order valence-electron chi connectivity index (χ2n) is 0.491.